The minimum Gasteiger partial charge on any atom is -0.481 e. The maximum absolute atomic E-state index is 10.9. The maximum atomic E-state index is 10.9. The maximum Gasteiger partial charge on any atom is 0.303 e. The zero-order valence-electron chi connectivity index (χ0n) is 18.6. The number of carboxylic acid groups (broad SMARTS) is 1. The lowest BCUT2D eigenvalue weighted by molar-refractivity contribution is -0.137. The number of hydrogen-bond donors (Lipinski definition) is 1. The summed E-state index contributed by atoms with van der Waals surface area (Å²) in [6, 6.07) is 21.7. The topological polar surface area (TPSA) is 46.5 Å². The largest absolute Gasteiger partial charge is 0.481 e. The molecule has 3 rings (SSSR count). The quantitative estimate of drug-likeness (QED) is 0.579. The van der Waals surface area contributed by atoms with Crippen molar-refractivity contribution in [2.75, 3.05) is 0 Å². The third kappa shape index (κ3) is 5.22. The van der Waals surface area contributed by atoms with E-state index in [-0.39, 0.29) is 17.6 Å². The third-order valence-electron chi connectivity index (χ3n) is 6.50. The van der Waals surface area contributed by atoms with Crippen molar-refractivity contribution in [2.45, 2.75) is 76.9 Å². The number of hydrogen-bond acceptors (Lipinski definition) is 2. The number of carboxylic acids is 1. The summed E-state index contributed by atoms with van der Waals surface area (Å²) in [6.07, 6.45) is 6.78. The highest BCUT2D eigenvalue weighted by molar-refractivity contribution is 6.99. The van der Waals surface area contributed by atoms with Gasteiger partial charge in [0.25, 0.3) is 8.32 Å². The van der Waals surface area contributed by atoms with Gasteiger partial charge in [-0.2, -0.15) is 0 Å². The summed E-state index contributed by atoms with van der Waals surface area (Å²) >= 11 is 0. The predicted octanol–water partition coefficient (Wildman–Crippen LogP) is 5.38. The van der Waals surface area contributed by atoms with Crippen LogP contribution in [0.4, 0.5) is 0 Å². The van der Waals surface area contributed by atoms with Crippen LogP contribution < -0.4 is 10.4 Å². The molecular weight excluding hydrogens is 388 g/mol. The molecule has 0 aromatic heterocycles. The molecule has 0 spiro atoms. The highest BCUT2D eigenvalue weighted by Gasteiger charge is 2.51. The van der Waals surface area contributed by atoms with E-state index in [1.807, 2.05) is 0 Å². The van der Waals surface area contributed by atoms with Gasteiger partial charge in [0.1, 0.15) is 0 Å². The van der Waals surface area contributed by atoms with Crippen LogP contribution in [0.5, 0.6) is 0 Å². The molecule has 0 bridgehead atoms. The van der Waals surface area contributed by atoms with Crippen molar-refractivity contribution in [3.63, 3.8) is 0 Å². The second-order valence-electron chi connectivity index (χ2n) is 9.72. The second kappa shape index (κ2) is 9.93. The molecule has 1 aliphatic carbocycles. The Balaban J connectivity index is 1.90. The van der Waals surface area contributed by atoms with Gasteiger partial charge in [0.15, 0.2) is 0 Å². The lowest BCUT2D eigenvalue weighted by Gasteiger charge is -2.46. The summed E-state index contributed by atoms with van der Waals surface area (Å²) < 4.78 is 7.30. The zero-order valence-corrected chi connectivity index (χ0v) is 19.6. The molecule has 1 fully saturated rings. The van der Waals surface area contributed by atoms with Gasteiger partial charge in [-0.25, -0.2) is 0 Å². The highest BCUT2D eigenvalue weighted by atomic mass is 28.4. The van der Waals surface area contributed by atoms with Crippen LogP contribution in [0.2, 0.25) is 5.04 Å². The summed E-state index contributed by atoms with van der Waals surface area (Å²) in [4.78, 5) is 10.9. The van der Waals surface area contributed by atoms with Crippen molar-refractivity contribution < 1.29 is 14.3 Å². The van der Waals surface area contributed by atoms with Gasteiger partial charge in [0.2, 0.25) is 0 Å². The average molecular weight is 425 g/mol. The molecule has 0 heterocycles. The number of benzene rings is 2. The predicted molar refractivity (Wildman–Crippen MR) is 126 cm³/mol. The molecule has 0 saturated heterocycles. The highest BCUT2D eigenvalue weighted by Crippen LogP contribution is 2.40. The standard InChI is InChI=1S/C26H36O3Si/c1-26(2,3)30(23-15-6-4-7-16-23,24-17-8-5-9-18-24)29-22-14-10-12-21(20-22)13-11-19-25(27)28/h4-9,15-18,21-22H,10-14,19-20H2,1-3H3,(H,27,28)/t21-,22-/m0/s1. The molecule has 162 valence electrons. The number of rotatable bonds is 8. The van der Waals surface area contributed by atoms with Gasteiger partial charge in [-0.1, -0.05) is 94.3 Å². The van der Waals surface area contributed by atoms with Gasteiger partial charge in [-0.15, -0.1) is 0 Å². The molecular formula is C26H36O3Si. The van der Waals surface area contributed by atoms with E-state index in [1.54, 1.807) is 0 Å². The Labute approximate surface area is 182 Å². The second-order valence-corrected chi connectivity index (χ2v) is 14.0. The van der Waals surface area contributed by atoms with Crippen LogP contribution in [-0.2, 0) is 9.22 Å². The van der Waals surface area contributed by atoms with Crippen LogP contribution in [0, 0.1) is 5.92 Å². The third-order valence-corrected chi connectivity index (χ3v) is 11.6. The summed E-state index contributed by atoms with van der Waals surface area (Å²) in [5.74, 6) is -0.118. The van der Waals surface area contributed by atoms with Crippen LogP contribution in [0.25, 0.3) is 0 Å². The molecule has 1 N–H and O–H groups in total. The molecule has 2 atom stereocenters. The fourth-order valence-corrected chi connectivity index (χ4v) is 9.82. The van der Waals surface area contributed by atoms with Crippen molar-refractivity contribution >= 4 is 24.7 Å². The van der Waals surface area contributed by atoms with Gasteiger partial charge >= 0.3 is 5.97 Å². The first-order chi connectivity index (χ1) is 14.3. The monoisotopic (exact) mass is 424 g/mol. The van der Waals surface area contributed by atoms with E-state index in [0.717, 1.165) is 25.7 Å². The number of aliphatic carboxylic acids is 1. The van der Waals surface area contributed by atoms with Crippen LogP contribution in [0.3, 0.4) is 0 Å². The van der Waals surface area contributed by atoms with Gasteiger partial charge < -0.3 is 9.53 Å². The van der Waals surface area contributed by atoms with E-state index in [1.165, 1.54) is 23.2 Å². The van der Waals surface area contributed by atoms with E-state index in [9.17, 15) is 4.79 Å². The first-order valence-corrected chi connectivity index (χ1v) is 13.2. The van der Waals surface area contributed by atoms with Crippen molar-refractivity contribution in [3.8, 4) is 0 Å². The Bertz CT molecular complexity index is 759. The summed E-state index contributed by atoms with van der Waals surface area (Å²) in [7, 11) is -2.51. The fourth-order valence-electron chi connectivity index (χ4n) is 5.09. The van der Waals surface area contributed by atoms with Gasteiger partial charge in [0.05, 0.1) is 0 Å². The summed E-state index contributed by atoms with van der Waals surface area (Å²) in [6.45, 7) is 6.98. The number of carbonyl (C=O) groups is 1. The average Bonchev–Trinajstić information content (AvgIpc) is 2.72. The lowest BCUT2D eigenvalue weighted by atomic mass is 9.84. The van der Waals surface area contributed by atoms with Crippen LogP contribution in [0.15, 0.2) is 60.7 Å². The van der Waals surface area contributed by atoms with E-state index in [4.69, 9.17) is 9.53 Å². The molecule has 1 saturated carbocycles. The fraction of sp³-hybridized carbons (Fsp3) is 0.500. The first-order valence-electron chi connectivity index (χ1n) is 11.3. The zero-order chi connectivity index (χ0) is 21.6. The summed E-state index contributed by atoms with van der Waals surface area (Å²) in [5.41, 5.74) is 0. The van der Waals surface area contributed by atoms with Crippen molar-refractivity contribution in [3.05, 3.63) is 60.7 Å². The van der Waals surface area contributed by atoms with Gasteiger partial charge in [0, 0.05) is 12.5 Å². The van der Waals surface area contributed by atoms with Crippen molar-refractivity contribution in [1.29, 1.82) is 0 Å². The van der Waals surface area contributed by atoms with Crippen LogP contribution >= 0.6 is 0 Å². The lowest BCUT2D eigenvalue weighted by Crippen LogP contribution is -2.67. The molecule has 1 aliphatic rings. The Morgan fingerprint density at radius 1 is 1.00 bits per heavy atom. The minimum atomic E-state index is -2.51. The smallest absolute Gasteiger partial charge is 0.303 e. The van der Waals surface area contributed by atoms with Crippen LogP contribution in [-0.4, -0.2) is 25.5 Å². The van der Waals surface area contributed by atoms with E-state index < -0.39 is 14.3 Å². The molecule has 0 unspecified atom stereocenters. The van der Waals surface area contributed by atoms with E-state index in [2.05, 4.69) is 81.4 Å². The Morgan fingerprint density at radius 2 is 1.57 bits per heavy atom. The van der Waals surface area contributed by atoms with Crippen molar-refractivity contribution in [2.24, 2.45) is 5.92 Å². The SMILES string of the molecule is CC(C)(C)[Si](O[C@H]1CCC[C@@H](CCCC(=O)O)C1)(c1ccccc1)c1ccccc1. The molecule has 30 heavy (non-hydrogen) atoms. The van der Waals surface area contributed by atoms with E-state index >= 15 is 0 Å². The van der Waals surface area contributed by atoms with Gasteiger partial charge in [-0.3, -0.25) is 4.79 Å². The Hall–Kier alpha value is -1.91. The van der Waals surface area contributed by atoms with Crippen molar-refractivity contribution in [1.82, 2.24) is 0 Å². The molecule has 3 nitrogen and oxygen atoms in total. The normalized spacial score (nSPS) is 20.1. The minimum absolute atomic E-state index is 0.00798. The first kappa shape index (κ1) is 22.8. The Kier molecular flexibility index (Phi) is 7.53. The molecule has 2 aromatic carbocycles. The van der Waals surface area contributed by atoms with Crippen LogP contribution in [0.1, 0.15) is 65.7 Å². The molecule has 0 radical (unpaired) electrons. The van der Waals surface area contributed by atoms with E-state index in [0.29, 0.717) is 5.92 Å². The Morgan fingerprint density at radius 3 is 2.07 bits per heavy atom. The molecule has 4 heteroatoms. The summed E-state index contributed by atoms with van der Waals surface area (Å²) in [5, 5.41) is 11.6. The molecule has 0 amide bonds. The molecule has 0 aliphatic heterocycles. The molecule has 2 aromatic rings. The van der Waals surface area contributed by atoms with Gasteiger partial charge in [-0.05, 0) is 47.0 Å².